The highest BCUT2D eigenvalue weighted by molar-refractivity contribution is 6.82. The standard InChI is InChI=1S/C79H18O6/c1-82-72(80)76-9-7-74(84-76,12-5-3-4-6-13(12)76)11-75-8-10-77(85-75,73(81)83-2)79-70-64-58-48-40-30-22-18-15-14-16-20(22)28-36(30)50(58)56-46-38(28)32-24(16)25-17(14)21-23-19(15)27-26(18)34(40)44-45-35(27)41-31(23)37-29(21)39-33(25)43-42(32)52(46)60-61-53(43)47(39)57-51(37)59-49(41)55(45)67(66(70)54(44)48)71(79)65(59)63(57)69(61)78(75,79)68(60)62(56)64/h3-7,9H,8,10-11H2,1-2H3/t74-,75-,76-,77+,78?,79?/m0/s1. The number of methoxy groups -OCH3 is 2. The van der Waals surface area contributed by atoms with Crippen molar-refractivity contribution >= 4 is 303 Å². The van der Waals surface area contributed by atoms with E-state index >= 15 is 4.79 Å². The van der Waals surface area contributed by atoms with Gasteiger partial charge in [0, 0.05) is 12.0 Å². The largest absolute Gasteiger partial charge is 0.467 e. The molecule has 4 aliphatic carbocycles. The molecule has 0 saturated carbocycles. The van der Waals surface area contributed by atoms with Crippen LogP contribution in [0.2, 0.25) is 0 Å². The summed E-state index contributed by atoms with van der Waals surface area (Å²) in [5, 5.41) is 81.7. The van der Waals surface area contributed by atoms with Crippen molar-refractivity contribution in [2.75, 3.05) is 14.2 Å². The molecule has 0 unspecified atom stereocenters. The predicted octanol–water partition coefficient (Wildman–Crippen LogP) is 18.0. The average molecular weight is 1060 g/mol. The van der Waals surface area contributed by atoms with Gasteiger partial charge in [-0.2, -0.15) is 0 Å². The molecule has 370 valence electrons. The van der Waals surface area contributed by atoms with Gasteiger partial charge in [0.05, 0.1) is 30.7 Å². The van der Waals surface area contributed by atoms with E-state index in [-0.39, 0.29) is 5.97 Å². The highest BCUT2D eigenvalue weighted by Crippen LogP contribution is 2.91. The molecule has 2 saturated heterocycles. The van der Waals surface area contributed by atoms with Gasteiger partial charge in [0.25, 0.3) is 0 Å². The maximum atomic E-state index is 17.0. The van der Waals surface area contributed by atoms with E-state index in [0.29, 0.717) is 19.3 Å². The minimum atomic E-state index is -1.44. The molecule has 4 bridgehead atoms. The van der Waals surface area contributed by atoms with Gasteiger partial charge in [-0.05, 0) is 344 Å². The van der Waals surface area contributed by atoms with Crippen molar-refractivity contribution in [3.8, 4) is 0 Å². The maximum Gasteiger partial charge on any atom is 0.347 e. The van der Waals surface area contributed by atoms with Crippen molar-refractivity contribution in [3.05, 3.63) is 69.8 Å². The Morgan fingerprint density at radius 3 is 0.894 bits per heavy atom. The Morgan fingerprint density at radius 1 is 0.329 bits per heavy atom. The molecule has 4 heterocycles. The van der Waals surface area contributed by atoms with Crippen LogP contribution in [0, 0.1) is 0 Å². The number of ether oxygens (including phenoxy) is 4. The Kier molecular flexibility index (Phi) is 3.16. The summed E-state index contributed by atoms with van der Waals surface area (Å²) >= 11 is 0. The second kappa shape index (κ2) is 7.86. The monoisotopic (exact) mass is 1060 g/mol. The first-order valence-corrected chi connectivity index (χ1v) is 31.1. The first-order chi connectivity index (χ1) is 42.0. The van der Waals surface area contributed by atoms with Gasteiger partial charge in [-0.1, -0.05) is 24.3 Å². The molecule has 2 fully saturated rings. The van der Waals surface area contributed by atoms with E-state index in [9.17, 15) is 4.79 Å². The highest BCUT2D eigenvalue weighted by atomic mass is 16.6. The van der Waals surface area contributed by atoms with Crippen LogP contribution in [0.4, 0.5) is 0 Å². The third-order valence-electron chi connectivity index (χ3n) is 30.1. The van der Waals surface area contributed by atoms with Gasteiger partial charge in [0.2, 0.25) is 5.60 Å². The molecule has 0 N–H and O–H groups in total. The molecule has 29 aromatic rings. The van der Waals surface area contributed by atoms with Crippen LogP contribution in [0.15, 0.2) is 36.4 Å². The van der Waals surface area contributed by atoms with Crippen molar-refractivity contribution in [1.82, 2.24) is 0 Å². The number of fused-ring (bicyclic) bond motifs is 7. The molecule has 0 amide bonds. The molecule has 29 aromatic carbocycles. The number of benzene rings is 19. The highest BCUT2D eigenvalue weighted by Gasteiger charge is 2.92. The van der Waals surface area contributed by atoms with E-state index in [1.54, 1.807) is 104 Å². The first kappa shape index (κ1) is 34.2. The van der Waals surface area contributed by atoms with Gasteiger partial charge in [-0.3, -0.25) is 0 Å². The van der Waals surface area contributed by atoms with E-state index in [4.69, 9.17) is 18.9 Å². The summed E-state index contributed by atoms with van der Waals surface area (Å²) in [4.78, 5) is 31.6. The smallest absolute Gasteiger partial charge is 0.347 e. The topological polar surface area (TPSA) is 71.1 Å². The lowest BCUT2D eigenvalue weighted by Crippen LogP contribution is -2.68. The summed E-state index contributed by atoms with van der Waals surface area (Å²) in [5.41, 5.74) is 0.454. The Balaban J connectivity index is 0.978. The zero-order valence-corrected chi connectivity index (χ0v) is 44.0. The number of carbonyl (C=O) groups is 2. The zero-order valence-electron chi connectivity index (χ0n) is 44.0. The van der Waals surface area contributed by atoms with Crippen molar-refractivity contribution in [2.24, 2.45) is 0 Å². The SMILES string of the molecule is COC(=O)[C@@]12C=C[C@@](C[C@]34CC[C@](C(=O)OC)(O3)C35c6c7c8c9c%10c%11c(c%12c%13c3c3c6c6c%14c7c7c8c8c%10c%10c%15c%11c%11c%12c%12c%13c%13c3c3c6c6c%14c%14c7c7c8c%10c8c%10c%15c%11c%11c%12c%12c%13c3c3c6c6c%14c7c8c7c%10c%11c%12c3c67)C954)(O1)c1ccccc12. The fraction of sp³-hybridized carbons (Fsp3) is 0.139. The number of carbonyl (C=O) groups excluding carboxylic acids is 2. The molecule has 4 atom stereocenters. The van der Waals surface area contributed by atoms with Crippen molar-refractivity contribution in [2.45, 2.75) is 52.5 Å². The van der Waals surface area contributed by atoms with Crippen molar-refractivity contribution < 1.29 is 28.5 Å². The van der Waals surface area contributed by atoms with Crippen molar-refractivity contribution in [1.29, 1.82) is 0 Å². The molecule has 4 aliphatic heterocycles. The molecule has 6 nitrogen and oxygen atoms in total. The summed E-state index contributed by atoms with van der Waals surface area (Å²) in [6.07, 6.45) is 5.73. The molecule has 0 aromatic heterocycles. The molecule has 37 rings (SSSR count). The minimum Gasteiger partial charge on any atom is -0.467 e. The van der Waals surface area contributed by atoms with E-state index in [0.717, 1.165) is 11.1 Å². The lowest BCUT2D eigenvalue weighted by atomic mass is 9.37. The van der Waals surface area contributed by atoms with E-state index < -0.39 is 39.2 Å². The lowest BCUT2D eigenvalue weighted by molar-refractivity contribution is -0.182. The summed E-state index contributed by atoms with van der Waals surface area (Å²) in [7, 11) is 3.13. The van der Waals surface area contributed by atoms with Gasteiger partial charge in [-0.15, -0.1) is 0 Å². The Hall–Kier alpha value is -9.72. The van der Waals surface area contributed by atoms with E-state index in [2.05, 4.69) is 24.3 Å². The maximum absolute atomic E-state index is 17.0. The van der Waals surface area contributed by atoms with Gasteiger partial charge in [-0.25, -0.2) is 9.59 Å². The predicted molar refractivity (Wildman–Crippen MR) is 338 cm³/mol. The molecule has 85 heavy (non-hydrogen) atoms. The van der Waals surface area contributed by atoms with E-state index in [1.165, 1.54) is 223 Å². The molecule has 2 spiro atoms. The summed E-state index contributed by atoms with van der Waals surface area (Å²) in [6.45, 7) is 0. The second-order valence-corrected chi connectivity index (χ2v) is 30.4. The first-order valence-electron chi connectivity index (χ1n) is 31.1. The van der Waals surface area contributed by atoms with Crippen LogP contribution >= 0.6 is 0 Å². The zero-order chi connectivity index (χ0) is 52.0. The van der Waals surface area contributed by atoms with Crippen LogP contribution in [0.5, 0.6) is 0 Å². The fourth-order valence-corrected chi connectivity index (χ4v) is 29.9. The molecule has 8 aliphatic rings. The quantitative estimate of drug-likeness (QED) is 0.0994. The second-order valence-electron chi connectivity index (χ2n) is 30.4. The van der Waals surface area contributed by atoms with Gasteiger partial charge in [0.1, 0.15) is 5.60 Å². The van der Waals surface area contributed by atoms with Crippen LogP contribution in [0.3, 0.4) is 0 Å². The Morgan fingerprint density at radius 2 is 0.600 bits per heavy atom. The summed E-state index contributed by atoms with van der Waals surface area (Å²) < 4.78 is 28.9. The number of esters is 2. The van der Waals surface area contributed by atoms with Crippen LogP contribution in [0.25, 0.3) is 291 Å². The fourth-order valence-electron chi connectivity index (χ4n) is 29.9. The number of rotatable bonds is 4. The average Bonchev–Trinajstić information content (AvgIpc) is 1.38. The Labute approximate surface area is 465 Å². The van der Waals surface area contributed by atoms with Crippen LogP contribution in [0.1, 0.15) is 52.6 Å². The number of hydrogen-bond donors (Lipinski definition) is 0. The molecule has 6 heteroatoms. The summed E-state index contributed by atoms with van der Waals surface area (Å²) in [5.74, 6) is -0.666. The van der Waals surface area contributed by atoms with Gasteiger partial charge < -0.3 is 18.9 Å². The summed E-state index contributed by atoms with van der Waals surface area (Å²) in [6, 6.07) is 8.41. The van der Waals surface area contributed by atoms with Gasteiger partial charge >= 0.3 is 11.9 Å². The third-order valence-corrected chi connectivity index (χ3v) is 30.1. The Bertz CT molecular complexity index is 8100. The van der Waals surface area contributed by atoms with Crippen molar-refractivity contribution in [3.63, 3.8) is 0 Å². The van der Waals surface area contributed by atoms with Crippen LogP contribution < -0.4 is 0 Å². The number of hydrogen-bond acceptors (Lipinski definition) is 6. The molecular formula is C79H18O6. The van der Waals surface area contributed by atoms with Crippen LogP contribution in [-0.4, -0.2) is 37.4 Å². The lowest BCUT2D eigenvalue weighted by Gasteiger charge is -2.60. The van der Waals surface area contributed by atoms with Crippen LogP contribution in [-0.2, 0) is 50.6 Å². The molecule has 0 radical (unpaired) electrons. The third kappa shape index (κ3) is 1.90. The molecular weight excluding hydrogens is 1040 g/mol. The van der Waals surface area contributed by atoms with Gasteiger partial charge in [0.15, 0.2) is 5.60 Å². The van der Waals surface area contributed by atoms with E-state index in [1.807, 2.05) is 12.1 Å². The minimum absolute atomic E-state index is 0.250. The normalized spacial score (nSPS) is 29.0.